The van der Waals surface area contributed by atoms with E-state index < -0.39 is 16.1 Å². The Bertz CT molecular complexity index is 1110. The summed E-state index contributed by atoms with van der Waals surface area (Å²) in [5.41, 5.74) is 1.25. The Morgan fingerprint density at radius 1 is 1.13 bits per heavy atom. The van der Waals surface area contributed by atoms with Gasteiger partial charge in [0.05, 0.1) is 17.0 Å². The van der Waals surface area contributed by atoms with Crippen LogP contribution in [0.4, 0.5) is 5.69 Å². The molecule has 1 saturated heterocycles. The third-order valence-electron chi connectivity index (χ3n) is 5.38. The molecule has 2 aliphatic rings. The van der Waals surface area contributed by atoms with Crippen molar-refractivity contribution < 1.29 is 22.7 Å². The van der Waals surface area contributed by atoms with Gasteiger partial charge in [-0.15, -0.1) is 0 Å². The van der Waals surface area contributed by atoms with Crippen LogP contribution in [0.1, 0.15) is 12.5 Å². The van der Waals surface area contributed by atoms with Crippen molar-refractivity contribution in [2.24, 2.45) is 0 Å². The quantitative estimate of drug-likeness (QED) is 0.684. The summed E-state index contributed by atoms with van der Waals surface area (Å²) in [6.07, 6.45) is -0.346. The van der Waals surface area contributed by atoms with Gasteiger partial charge in [-0.3, -0.25) is 9.59 Å². The molecule has 4 rings (SSSR count). The molecular formula is C21H22BrN3O5S. The molecule has 1 N–H and O–H groups in total. The molecule has 0 bridgehead atoms. The normalized spacial score (nSPS) is 19.4. The van der Waals surface area contributed by atoms with E-state index in [1.165, 1.54) is 16.4 Å². The van der Waals surface area contributed by atoms with E-state index in [1.54, 1.807) is 17.9 Å². The number of piperazine rings is 1. The van der Waals surface area contributed by atoms with Gasteiger partial charge in [0.2, 0.25) is 15.9 Å². The number of carbonyl (C=O) groups is 2. The zero-order valence-corrected chi connectivity index (χ0v) is 19.3. The van der Waals surface area contributed by atoms with E-state index in [9.17, 15) is 18.0 Å². The fourth-order valence-electron chi connectivity index (χ4n) is 3.56. The van der Waals surface area contributed by atoms with Crippen LogP contribution in [0, 0.1) is 0 Å². The van der Waals surface area contributed by atoms with Crippen molar-refractivity contribution in [2.75, 3.05) is 31.5 Å². The molecule has 0 spiro atoms. The molecule has 2 aromatic rings. The van der Waals surface area contributed by atoms with Gasteiger partial charge in [0.15, 0.2) is 6.10 Å². The van der Waals surface area contributed by atoms with Gasteiger partial charge in [0.25, 0.3) is 5.91 Å². The number of ether oxygens (including phenoxy) is 1. The first-order valence-electron chi connectivity index (χ1n) is 9.88. The average molecular weight is 508 g/mol. The largest absolute Gasteiger partial charge is 0.479 e. The minimum atomic E-state index is -3.76. The number of amides is 2. The highest BCUT2D eigenvalue weighted by atomic mass is 79.9. The van der Waals surface area contributed by atoms with Gasteiger partial charge in [-0.05, 0) is 42.8 Å². The molecule has 0 aromatic heterocycles. The first kappa shape index (κ1) is 21.8. The second kappa shape index (κ2) is 8.60. The van der Waals surface area contributed by atoms with Gasteiger partial charge >= 0.3 is 0 Å². The van der Waals surface area contributed by atoms with Crippen LogP contribution in [-0.2, 0) is 26.0 Å². The maximum Gasteiger partial charge on any atom is 0.265 e. The lowest BCUT2D eigenvalue weighted by Gasteiger charge is -2.34. The van der Waals surface area contributed by atoms with Gasteiger partial charge in [-0.2, -0.15) is 4.31 Å². The van der Waals surface area contributed by atoms with Crippen molar-refractivity contribution in [2.45, 2.75) is 24.3 Å². The van der Waals surface area contributed by atoms with Crippen molar-refractivity contribution in [3.8, 4) is 5.75 Å². The Hall–Kier alpha value is -2.43. The zero-order chi connectivity index (χ0) is 22.2. The Kier molecular flexibility index (Phi) is 6.05. The predicted octanol–water partition coefficient (Wildman–Crippen LogP) is 2.24. The van der Waals surface area contributed by atoms with Crippen molar-refractivity contribution in [1.82, 2.24) is 9.21 Å². The van der Waals surface area contributed by atoms with E-state index in [0.717, 1.165) is 10.0 Å². The number of sulfonamides is 1. The van der Waals surface area contributed by atoms with Gasteiger partial charge in [-0.25, -0.2) is 8.42 Å². The number of halogens is 1. The van der Waals surface area contributed by atoms with Crippen LogP contribution in [-0.4, -0.2) is 61.7 Å². The molecule has 0 saturated carbocycles. The van der Waals surface area contributed by atoms with Gasteiger partial charge in [0.1, 0.15) is 5.75 Å². The molecule has 8 nitrogen and oxygen atoms in total. The van der Waals surface area contributed by atoms with E-state index in [1.807, 2.05) is 24.3 Å². The molecule has 2 aliphatic heterocycles. The van der Waals surface area contributed by atoms with Crippen LogP contribution in [0.3, 0.4) is 0 Å². The summed E-state index contributed by atoms with van der Waals surface area (Å²) in [7, 11) is -3.76. The number of anilines is 1. The fourth-order valence-corrected chi connectivity index (χ4v) is 5.28. The topological polar surface area (TPSA) is 96.0 Å². The van der Waals surface area contributed by atoms with E-state index >= 15 is 0 Å². The highest BCUT2D eigenvalue weighted by Gasteiger charge is 2.32. The maximum atomic E-state index is 13.1. The molecule has 0 radical (unpaired) electrons. The lowest BCUT2D eigenvalue weighted by molar-refractivity contribution is -0.131. The number of fused-ring (bicyclic) bond motifs is 1. The minimum absolute atomic E-state index is 0.0258. The second-order valence-electron chi connectivity index (χ2n) is 7.50. The molecule has 2 amide bonds. The van der Waals surface area contributed by atoms with Gasteiger partial charge in [-0.1, -0.05) is 28.1 Å². The summed E-state index contributed by atoms with van der Waals surface area (Å²) < 4.78 is 34.0. The Morgan fingerprint density at radius 3 is 2.48 bits per heavy atom. The Labute approximate surface area is 189 Å². The summed E-state index contributed by atoms with van der Waals surface area (Å²) in [6, 6.07) is 12.0. The summed E-state index contributed by atoms with van der Waals surface area (Å²) in [5, 5.41) is 2.67. The zero-order valence-electron chi connectivity index (χ0n) is 16.9. The number of nitrogens with zero attached hydrogens (tertiary/aromatic N) is 2. The Balaban J connectivity index is 1.41. The number of benzene rings is 2. The van der Waals surface area contributed by atoms with E-state index in [2.05, 4.69) is 21.2 Å². The van der Waals surface area contributed by atoms with Crippen molar-refractivity contribution in [1.29, 1.82) is 0 Å². The summed E-state index contributed by atoms with van der Waals surface area (Å²) in [5.74, 6) is 0.0940. The lowest BCUT2D eigenvalue weighted by Crippen LogP contribution is -2.50. The van der Waals surface area contributed by atoms with Crippen molar-refractivity contribution in [3.63, 3.8) is 0 Å². The predicted molar refractivity (Wildman–Crippen MR) is 118 cm³/mol. The number of nitrogens with one attached hydrogen (secondary N) is 1. The first-order chi connectivity index (χ1) is 14.7. The smallest absolute Gasteiger partial charge is 0.265 e. The maximum absolute atomic E-state index is 13.1. The van der Waals surface area contributed by atoms with Crippen LogP contribution in [0.2, 0.25) is 0 Å². The molecule has 0 aliphatic carbocycles. The van der Waals surface area contributed by atoms with Crippen LogP contribution < -0.4 is 10.1 Å². The number of carbonyl (C=O) groups excluding carboxylic acids is 2. The van der Waals surface area contributed by atoms with Gasteiger partial charge in [0, 0.05) is 30.7 Å². The standard InChI is InChI=1S/C21H22BrN3O5S/c1-14-21(27)23-18-13-17(6-7-19(18)30-14)31(28,29)25-10-8-24(9-11-25)20(26)12-15-2-4-16(22)5-3-15/h2-7,13-14H,8-12H2,1H3,(H,23,27)/t14-/m1/s1. The molecule has 2 aromatic carbocycles. The number of hydrogen-bond acceptors (Lipinski definition) is 5. The molecule has 1 atom stereocenters. The molecule has 164 valence electrons. The van der Waals surface area contributed by atoms with Crippen LogP contribution in [0.25, 0.3) is 0 Å². The van der Waals surface area contributed by atoms with E-state index in [0.29, 0.717) is 24.5 Å². The molecule has 1 fully saturated rings. The average Bonchev–Trinajstić information content (AvgIpc) is 2.76. The SMILES string of the molecule is C[C@H]1Oc2ccc(S(=O)(=O)N3CCN(C(=O)Cc4ccc(Br)cc4)CC3)cc2NC1=O. The van der Waals surface area contributed by atoms with E-state index in [4.69, 9.17) is 4.74 Å². The monoisotopic (exact) mass is 507 g/mol. The summed E-state index contributed by atoms with van der Waals surface area (Å²) in [6.45, 7) is 2.71. The van der Waals surface area contributed by atoms with Crippen LogP contribution in [0.15, 0.2) is 51.8 Å². The Morgan fingerprint density at radius 2 is 1.81 bits per heavy atom. The first-order valence-corrected chi connectivity index (χ1v) is 12.1. The third-order valence-corrected chi connectivity index (χ3v) is 7.80. The molecule has 10 heteroatoms. The molecule has 31 heavy (non-hydrogen) atoms. The highest BCUT2D eigenvalue weighted by Crippen LogP contribution is 2.33. The molecule has 2 heterocycles. The second-order valence-corrected chi connectivity index (χ2v) is 10.3. The van der Waals surface area contributed by atoms with Gasteiger partial charge < -0.3 is 15.0 Å². The van der Waals surface area contributed by atoms with Crippen LogP contribution >= 0.6 is 15.9 Å². The van der Waals surface area contributed by atoms with E-state index in [-0.39, 0.29) is 36.2 Å². The highest BCUT2D eigenvalue weighted by molar-refractivity contribution is 9.10. The summed E-state index contributed by atoms with van der Waals surface area (Å²) in [4.78, 5) is 26.2. The number of hydrogen-bond donors (Lipinski definition) is 1. The molecule has 0 unspecified atom stereocenters. The minimum Gasteiger partial charge on any atom is -0.479 e. The van der Waals surface area contributed by atoms with Crippen molar-refractivity contribution in [3.05, 3.63) is 52.5 Å². The van der Waals surface area contributed by atoms with Crippen LogP contribution in [0.5, 0.6) is 5.75 Å². The lowest BCUT2D eigenvalue weighted by atomic mass is 10.1. The summed E-state index contributed by atoms with van der Waals surface area (Å²) >= 11 is 3.37. The van der Waals surface area contributed by atoms with Crippen molar-refractivity contribution >= 4 is 43.5 Å². The fraction of sp³-hybridized carbons (Fsp3) is 0.333. The molecular weight excluding hydrogens is 486 g/mol. The number of rotatable bonds is 4. The third kappa shape index (κ3) is 4.60.